The second-order valence-electron chi connectivity index (χ2n) is 4.71. The molecule has 0 bridgehead atoms. The van der Waals surface area contributed by atoms with Gasteiger partial charge in [0.25, 0.3) is 5.91 Å². The quantitative estimate of drug-likeness (QED) is 0.893. The van der Waals surface area contributed by atoms with Crippen LogP contribution in [0.4, 0.5) is 15.8 Å². The van der Waals surface area contributed by atoms with Crippen molar-refractivity contribution in [2.75, 3.05) is 17.7 Å². The molecule has 0 unspecified atom stereocenters. The molecule has 2 aromatic rings. The van der Waals surface area contributed by atoms with Crippen LogP contribution in [0.5, 0.6) is 0 Å². The normalized spacial score (nSPS) is 10.2. The molecule has 0 aromatic heterocycles. The molecule has 20 heavy (non-hydrogen) atoms. The van der Waals surface area contributed by atoms with Gasteiger partial charge in [-0.1, -0.05) is 11.6 Å². The maximum absolute atomic E-state index is 13.1. The Labute approximate surface area is 117 Å². The fraction of sp³-hybridized carbons (Fsp3) is 0.188. The van der Waals surface area contributed by atoms with E-state index in [1.54, 1.807) is 20.0 Å². The second-order valence-corrected chi connectivity index (χ2v) is 4.71. The predicted octanol–water partition coefficient (Wildman–Crippen LogP) is 3.74. The van der Waals surface area contributed by atoms with Gasteiger partial charge in [0.1, 0.15) is 5.82 Å². The molecule has 1 amide bonds. The lowest BCUT2D eigenvalue weighted by molar-refractivity contribution is 0.102. The molecule has 0 saturated heterocycles. The van der Waals surface area contributed by atoms with Gasteiger partial charge in [-0.25, -0.2) is 4.39 Å². The average molecular weight is 272 g/mol. The third kappa shape index (κ3) is 2.96. The fourth-order valence-corrected chi connectivity index (χ4v) is 2.02. The van der Waals surface area contributed by atoms with Crippen LogP contribution < -0.4 is 10.6 Å². The summed E-state index contributed by atoms with van der Waals surface area (Å²) in [7, 11) is 1.77. The van der Waals surface area contributed by atoms with Crippen LogP contribution in [0.15, 0.2) is 36.4 Å². The first-order valence-electron chi connectivity index (χ1n) is 6.37. The Kier molecular flexibility index (Phi) is 4.03. The minimum Gasteiger partial charge on any atom is -0.387 e. The minimum absolute atomic E-state index is 0.215. The summed E-state index contributed by atoms with van der Waals surface area (Å²) >= 11 is 0. The van der Waals surface area contributed by atoms with Crippen LogP contribution in [-0.4, -0.2) is 13.0 Å². The number of rotatable bonds is 3. The van der Waals surface area contributed by atoms with E-state index >= 15 is 0 Å². The lowest BCUT2D eigenvalue weighted by Gasteiger charge is -2.12. The third-order valence-electron chi connectivity index (χ3n) is 3.13. The van der Waals surface area contributed by atoms with Crippen molar-refractivity contribution in [2.24, 2.45) is 0 Å². The van der Waals surface area contributed by atoms with Gasteiger partial charge in [-0.2, -0.15) is 0 Å². The third-order valence-corrected chi connectivity index (χ3v) is 3.13. The number of amides is 1. The van der Waals surface area contributed by atoms with E-state index in [1.165, 1.54) is 12.1 Å². The van der Waals surface area contributed by atoms with Gasteiger partial charge >= 0.3 is 0 Å². The van der Waals surface area contributed by atoms with E-state index in [1.807, 2.05) is 25.1 Å². The summed E-state index contributed by atoms with van der Waals surface area (Å²) in [6, 6.07) is 9.91. The molecule has 104 valence electrons. The molecule has 0 spiro atoms. The topological polar surface area (TPSA) is 41.1 Å². The molecular weight excluding hydrogens is 255 g/mol. The van der Waals surface area contributed by atoms with Gasteiger partial charge in [0.2, 0.25) is 0 Å². The number of anilines is 2. The molecule has 2 rings (SSSR count). The molecule has 3 nitrogen and oxygen atoms in total. The maximum atomic E-state index is 13.1. The molecule has 2 aromatic carbocycles. The Balaban J connectivity index is 2.30. The van der Waals surface area contributed by atoms with Crippen LogP contribution >= 0.6 is 0 Å². The number of carbonyl (C=O) groups is 1. The van der Waals surface area contributed by atoms with Gasteiger partial charge in [0, 0.05) is 18.4 Å². The van der Waals surface area contributed by atoms with Crippen molar-refractivity contribution in [3.05, 3.63) is 58.9 Å². The van der Waals surface area contributed by atoms with Crippen LogP contribution in [0.25, 0.3) is 0 Å². The number of halogens is 1. The average Bonchev–Trinajstić information content (AvgIpc) is 2.41. The summed E-state index contributed by atoms with van der Waals surface area (Å²) in [6.45, 7) is 3.69. The van der Waals surface area contributed by atoms with Gasteiger partial charge < -0.3 is 10.6 Å². The van der Waals surface area contributed by atoms with Crippen LogP contribution in [0.2, 0.25) is 0 Å². The Morgan fingerprint density at radius 1 is 1.05 bits per heavy atom. The van der Waals surface area contributed by atoms with Gasteiger partial charge in [-0.15, -0.1) is 0 Å². The van der Waals surface area contributed by atoms with Crippen LogP contribution in [0.1, 0.15) is 21.5 Å². The summed E-state index contributed by atoms with van der Waals surface area (Å²) in [4.78, 5) is 12.3. The maximum Gasteiger partial charge on any atom is 0.257 e. The molecule has 0 fully saturated rings. The predicted molar refractivity (Wildman–Crippen MR) is 79.8 cm³/mol. The summed E-state index contributed by atoms with van der Waals surface area (Å²) < 4.78 is 13.1. The largest absolute Gasteiger partial charge is 0.387 e. The van der Waals surface area contributed by atoms with E-state index in [9.17, 15) is 9.18 Å². The zero-order chi connectivity index (χ0) is 14.7. The molecule has 0 aliphatic heterocycles. The van der Waals surface area contributed by atoms with Crippen molar-refractivity contribution in [3.63, 3.8) is 0 Å². The molecule has 2 N–H and O–H groups in total. The summed E-state index contributed by atoms with van der Waals surface area (Å²) in [5.74, 6) is -0.528. The molecule has 0 aliphatic rings. The zero-order valence-corrected chi connectivity index (χ0v) is 11.8. The first kappa shape index (κ1) is 14.1. The van der Waals surface area contributed by atoms with Crippen LogP contribution in [-0.2, 0) is 0 Å². The first-order valence-corrected chi connectivity index (χ1v) is 6.37. The van der Waals surface area contributed by atoms with Gasteiger partial charge in [-0.3, -0.25) is 4.79 Å². The number of hydrogen-bond acceptors (Lipinski definition) is 2. The number of nitrogens with one attached hydrogen (secondary N) is 2. The SMILES string of the molecule is CNc1ccc(C)cc1C(=O)Nc1ccc(F)cc1C. The van der Waals surface area contributed by atoms with Crippen molar-refractivity contribution in [1.82, 2.24) is 0 Å². The molecule has 0 saturated carbocycles. The van der Waals surface area contributed by atoms with Gasteiger partial charge in [-0.05, 0) is 49.7 Å². The van der Waals surface area contributed by atoms with Crippen LogP contribution in [0.3, 0.4) is 0 Å². The highest BCUT2D eigenvalue weighted by molar-refractivity contribution is 6.08. The summed E-state index contributed by atoms with van der Waals surface area (Å²) in [6.07, 6.45) is 0. The minimum atomic E-state index is -0.313. The molecule has 0 radical (unpaired) electrons. The Morgan fingerprint density at radius 3 is 2.40 bits per heavy atom. The molecule has 0 aliphatic carbocycles. The molecular formula is C16H17FN2O. The second kappa shape index (κ2) is 5.74. The van der Waals surface area contributed by atoms with Crippen molar-refractivity contribution >= 4 is 17.3 Å². The van der Waals surface area contributed by atoms with Crippen molar-refractivity contribution in [1.29, 1.82) is 0 Å². The number of hydrogen-bond donors (Lipinski definition) is 2. The lowest BCUT2D eigenvalue weighted by atomic mass is 10.1. The summed E-state index contributed by atoms with van der Waals surface area (Å²) in [5, 5.41) is 5.80. The highest BCUT2D eigenvalue weighted by Crippen LogP contribution is 2.21. The van der Waals surface area contributed by atoms with E-state index in [0.29, 0.717) is 16.8 Å². The highest BCUT2D eigenvalue weighted by atomic mass is 19.1. The van der Waals surface area contributed by atoms with Crippen molar-refractivity contribution < 1.29 is 9.18 Å². The lowest BCUT2D eigenvalue weighted by Crippen LogP contribution is -2.15. The zero-order valence-electron chi connectivity index (χ0n) is 11.8. The van der Waals surface area contributed by atoms with Gasteiger partial charge in [0.15, 0.2) is 0 Å². The highest BCUT2D eigenvalue weighted by Gasteiger charge is 2.12. The molecule has 0 atom stereocenters. The first-order chi connectivity index (χ1) is 9.51. The summed E-state index contributed by atoms with van der Waals surface area (Å²) in [5.41, 5.74) is 3.63. The molecule has 4 heteroatoms. The van der Waals surface area contributed by atoms with Crippen molar-refractivity contribution in [2.45, 2.75) is 13.8 Å². The van der Waals surface area contributed by atoms with Crippen LogP contribution in [0, 0.1) is 19.7 Å². The van der Waals surface area contributed by atoms with Crippen molar-refractivity contribution in [3.8, 4) is 0 Å². The van der Waals surface area contributed by atoms with Gasteiger partial charge in [0.05, 0.1) is 5.56 Å². The van der Waals surface area contributed by atoms with E-state index in [0.717, 1.165) is 11.3 Å². The standard InChI is InChI=1S/C16H17FN2O/c1-10-4-6-15(18-3)13(8-10)16(20)19-14-7-5-12(17)9-11(14)2/h4-9,18H,1-3H3,(H,19,20). The smallest absolute Gasteiger partial charge is 0.257 e. The Bertz CT molecular complexity index is 653. The monoisotopic (exact) mass is 272 g/mol. The van der Waals surface area contributed by atoms with E-state index in [-0.39, 0.29) is 11.7 Å². The molecule has 0 heterocycles. The van der Waals surface area contributed by atoms with E-state index < -0.39 is 0 Å². The number of benzene rings is 2. The fourth-order valence-electron chi connectivity index (χ4n) is 2.02. The Hall–Kier alpha value is -2.36. The number of carbonyl (C=O) groups excluding carboxylic acids is 1. The number of aryl methyl sites for hydroxylation is 2. The Morgan fingerprint density at radius 2 is 1.75 bits per heavy atom. The van der Waals surface area contributed by atoms with E-state index in [4.69, 9.17) is 0 Å². The van der Waals surface area contributed by atoms with E-state index in [2.05, 4.69) is 10.6 Å².